The first-order chi connectivity index (χ1) is 13.0. The van der Waals surface area contributed by atoms with Crippen LogP contribution in [0.15, 0.2) is 23.0 Å². The Morgan fingerprint density at radius 3 is 2.89 bits per heavy atom. The van der Waals surface area contributed by atoms with Crippen LogP contribution in [0.3, 0.4) is 0 Å². The number of carbonyl (C=O) groups is 1. The van der Waals surface area contributed by atoms with Gasteiger partial charge in [-0.25, -0.2) is 0 Å². The highest BCUT2D eigenvalue weighted by Crippen LogP contribution is 2.15. The molecule has 1 aliphatic rings. The van der Waals surface area contributed by atoms with Gasteiger partial charge in [-0.15, -0.1) is 0 Å². The van der Waals surface area contributed by atoms with E-state index in [0.717, 1.165) is 19.4 Å². The number of carbonyl (C=O) groups excluding carboxylic acids is 1. The minimum atomic E-state index is -0.523. The second-order valence-electron chi connectivity index (χ2n) is 6.35. The van der Waals surface area contributed by atoms with Gasteiger partial charge in [0.05, 0.1) is 30.1 Å². The van der Waals surface area contributed by atoms with Gasteiger partial charge < -0.3 is 24.5 Å². The van der Waals surface area contributed by atoms with Gasteiger partial charge in [0.1, 0.15) is 0 Å². The molecule has 27 heavy (non-hydrogen) atoms. The average Bonchev–Trinajstić information content (AvgIpc) is 3.18. The van der Waals surface area contributed by atoms with E-state index < -0.39 is 6.29 Å². The Bertz CT molecular complexity index is 929. The predicted octanol–water partition coefficient (Wildman–Crippen LogP) is 1.59. The number of benzene rings is 1. The SMILES string of the molecule is COC(CNC(=O)c1ccc2c(=O)n(C[C@H]3CCCO3)c(=S)[nH]c2c1)OC. The molecule has 1 saturated heterocycles. The number of aromatic nitrogens is 2. The van der Waals surface area contributed by atoms with Crippen LogP contribution in [0.2, 0.25) is 0 Å². The van der Waals surface area contributed by atoms with Crippen LogP contribution < -0.4 is 10.9 Å². The highest BCUT2D eigenvalue weighted by Gasteiger charge is 2.18. The van der Waals surface area contributed by atoms with Gasteiger partial charge in [0.2, 0.25) is 0 Å². The molecule has 1 aromatic carbocycles. The number of nitrogens with zero attached hydrogens (tertiary/aromatic N) is 1. The summed E-state index contributed by atoms with van der Waals surface area (Å²) in [6, 6.07) is 4.86. The molecule has 1 atom stereocenters. The summed E-state index contributed by atoms with van der Waals surface area (Å²) in [5, 5.41) is 3.20. The number of H-pyrrole nitrogens is 1. The highest BCUT2D eigenvalue weighted by atomic mass is 32.1. The summed E-state index contributed by atoms with van der Waals surface area (Å²) >= 11 is 5.35. The predicted molar refractivity (Wildman–Crippen MR) is 103 cm³/mol. The van der Waals surface area contributed by atoms with Gasteiger partial charge in [0.15, 0.2) is 11.1 Å². The lowest BCUT2D eigenvalue weighted by Crippen LogP contribution is -2.34. The fraction of sp³-hybridized carbons (Fsp3) is 0.500. The van der Waals surface area contributed by atoms with E-state index in [1.54, 1.807) is 18.2 Å². The monoisotopic (exact) mass is 393 g/mol. The van der Waals surface area contributed by atoms with E-state index in [4.69, 9.17) is 26.4 Å². The van der Waals surface area contributed by atoms with Crippen molar-refractivity contribution in [1.29, 1.82) is 0 Å². The third-order valence-corrected chi connectivity index (χ3v) is 4.93. The molecular formula is C18H23N3O5S. The van der Waals surface area contributed by atoms with Crippen molar-refractivity contribution < 1.29 is 19.0 Å². The lowest BCUT2D eigenvalue weighted by molar-refractivity contribution is -0.0974. The molecule has 8 nitrogen and oxygen atoms in total. The molecule has 0 spiro atoms. The Kier molecular flexibility index (Phi) is 6.38. The number of hydrogen-bond acceptors (Lipinski definition) is 6. The highest BCUT2D eigenvalue weighted by molar-refractivity contribution is 7.71. The molecular weight excluding hydrogens is 370 g/mol. The van der Waals surface area contributed by atoms with E-state index >= 15 is 0 Å². The van der Waals surface area contributed by atoms with Crippen LogP contribution in [0, 0.1) is 4.77 Å². The van der Waals surface area contributed by atoms with Crippen LogP contribution >= 0.6 is 12.2 Å². The molecule has 2 N–H and O–H groups in total. The summed E-state index contributed by atoms with van der Waals surface area (Å²) in [6.45, 7) is 1.36. The molecule has 2 aromatic rings. The van der Waals surface area contributed by atoms with Gasteiger partial charge in [0.25, 0.3) is 11.5 Å². The minimum absolute atomic E-state index is 0.00909. The zero-order valence-electron chi connectivity index (χ0n) is 15.3. The summed E-state index contributed by atoms with van der Waals surface area (Å²) in [6.07, 6.45) is 1.40. The zero-order chi connectivity index (χ0) is 19.4. The lowest BCUT2D eigenvalue weighted by Gasteiger charge is -2.15. The summed E-state index contributed by atoms with van der Waals surface area (Å²) in [4.78, 5) is 28.2. The van der Waals surface area contributed by atoms with E-state index in [9.17, 15) is 9.59 Å². The van der Waals surface area contributed by atoms with Crippen molar-refractivity contribution in [3.05, 3.63) is 38.9 Å². The number of hydrogen-bond donors (Lipinski definition) is 2. The van der Waals surface area contributed by atoms with Crippen LogP contribution in [-0.4, -0.2) is 55.2 Å². The van der Waals surface area contributed by atoms with Crippen LogP contribution in [-0.2, 0) is 20.8 Å². The van der Waals surface area contributed by atoms with Gasteiger partial charge >= 0.3 is 0 Å². The van der Waals surface area contributed by atoms with Gasteiger partial charge in [-0.05, 0) is 43.3 Å². The third kappa shape index (κ3) is 4.44. The van der Waals surface area contributed by atoms with Crippen LogP contribution in [0.25, 0.3) is 10.9 Å². The maximum Gasteiger partial charge on any atom is 0.262 e. The molecule has 0 saturated carbocycles. The normalized spacial score (nSPS) is 16.9. The minimum Gasteiger partial charge on any atom is -0.376 e. The fourth-order valence-electron chi connectivity index (χ4n) is 3.09. The Morgan fingerprint density at radius 2 is 2.22 bits per heavy atom. The number of rotatable bonds is 7. The second-order valence-corrected chi connectivity index (χ2v) is 6.74. The van der Waals surface area contributed by atoms with Gasteiger partial charge in [-0.2, -0.15) is 0 Å². The van der Waals surface area contributed by atoms with Crippen molar-refractivity contribution in [1.82, 2.24) is 14.9 Å². The number of ether oxygens (including phenoxy) is 3. The molecule has 1 aromatic heterocycles. The maximum atomic E-state index is 12.8. The molecule has 3 rings (SSSR count). The Labute approximate surface area is 161 Å². The smallest absolute Gasteiger partial charge is 0.262 e. The number of methoxy groups -OCH3 is 2. The van der Waals surface area contributed by atoms with Crippen molar-refractivity contribution in [2.45, 2.75) is 31.8 Å². The van der Waals surface area contributed by atoms with Gasteiger partial charge in [-0.1, -0.05) is 0 Å². The topological polar surface area (TPSA) is 94.6 Å². The number of aromatic amines is 1. The van der Waals surface area contributed by atoms with Crippen molar-refractivity contribution in [2.75, 3.05) is 27.4 Å². The summed E-state index contributed by atoms with van der Waals surface area (Å²) in [7, 11) is 3.00. The molecule has 0 unspecified atom stereocenters. The molecule has 9 heteroatoms. The zero-order valence-corrected chi connectivity index (χ0v) is 16.1. The summed E-state index contributed by atoms with van der Waals surface area (Å²) < 4.78 is 17.5. The second kappa shape index (κ2) is 8.75. The van der Waals surface area contributed by atoms with Crippen molar-refractivity contribution in [3.63, 3.8) is 0 Å². The first-order valence-electron chi connectivity index (χ1n) is 8.75. The van der Waals surface area contributed by atoms with E-state index in [-0.39, 0.29) is 24.1 Å². The lowest BCUT2D eigenvalue weighted by atomic mass is 10.1. The fourth-order valence-corrected chi connectivity index (χ4v) is 3.36. The Hall–Kier alpha value is -2.07. The number of nitrogens with one attached hydrogen (secondary N) is 2. The molecule has 1 aliphatic heterocycles. The molecule has 2 heterocycles. The first-order valence-corrected chi connectivity index (χ1v) is 9.16. The van der Waals surface area contributed by atoms with Crippen LogP contribution in [0.4, 0.5) is 0 Å². The Balaban J connectivity index is 1.84. The maximum absolute atomic E-state index is 12.8. The van der Waals surface area contributed by atoms with E-state index in [1.165, 1.54) is 18.8 Å². The quantitative estimate of drug-likeness (QED) is 0.548. The standard InChI is InChI=1S/C18H23N3O5S/c1-24-15(25-2)9-19-16(22)11-5-6-13-14(8-11)20-18(27)21(17(13)23)10-12-4-3-7-26-12/h5-6,8,12,15H,3-4,7,9-10H2,1-2H3,(H,19,22)(H,20,27)/t12-/m1/s1. The molecule has 1 amide bonds. The molecule has 146 valence electrons. The molecule has 0 radical (unpaired) electrons. The van der Waals surface area contributed by atoms with Crippen molar-refractivity contribution in [2.24, 2.45) is 0 Å². The molecule has 1 fully saturated rings. The number of fused-ring (bicyclic) bond motifs is 1. The van der Waals surface area contributed by atoms with Crippen LogP contribution in [0.1, 0.15) is 23.2 Å². The van der Waals surface area contributed by atoms with Gasteiger partial charge in [0, 0.05) is 26.4 Å². The van der Waals surface area contributed by atoms with E-state index in [1.807, 2.05) is 0 Å². The average molecular weight is 393 g/mol. The summed E-state index contributed by atoms with van der Waals surface area (Å²) in [5.74, 6) is -0.293. The first kappa shape index (κ1) is 19.7. The third-order valence-electron chi connectivity index (χ3n) is 4.61. The number of amides is 1. The Morgan fingerprint density at radius 1 is 1.44 bits per heavy atom. The van der Waals surface area contributed by atoms with E-state index in [0.29, 0.717) is 27.8 Å². The van der Waals surface area contributed by atoms with Crippen molar-refractivity contribution >= 4 is 29.0 Å². The molecule has 0 aliphatic carbocycles. The molecule has 0 bridgehead atoms. The largest absolute Gasteiger partial charge is 0.376 e. The summed E-state index contributed by atoms with van der Waals surface area (Å²) in [5.41, 5.74) is 0.752. The van der Waals surface area contributed by atoms with Crippen molar-refractivity contribution in [3.8, 4) is 0 Å². The van der Waals surface area contributed by atoms with Crippen LogP contribution in [0.5, 0.6) is 0 Å². The van der Waals surface area contributed by atoms with Gasteiger partial charge in [-0.3, -0.25) is 14.2 Å². The van der Waals surface area contributed by atoms with E-state index in [2.05, 4.69) is 10.3 Å².